The Morgan fingerprint density at radius 3 is 2.14 bits per heavy atom. The molecule has 0 spiro atoms. The average molecular weight is 564 g/mol. The summed E-state index contributed by atoms with van der Waals surface area (Å²) in [4.78, 5) is 13.6. The van der Waals surface area contributed by atoms with Gasteiger partial charge < -0.3 is 5.32 Å². The molecule has 1 amide bonds. The molecule has 36 heavy (non-hydrogen) atoms. The van der Waals surface area contributed by atoms with Crippen LogP contribution in [-0.4, -0.2) is 20.9 Å². The fraction of sp³-hybridized carbons (Fsp3) is 0.138. The molecule has 1 N–H and O–H groups in total. The molecule has 0 saturated carbocycles. The largest absolute Gasteiger partial charge is 0.344 e. The van der Waals surface area contributed by atoms with Gasteiger partial charge in [-0.15, -0.1) is 0 Å². The Labute approximate surface area is 221 Å². The van der Waals surface area contributed by atoms with E-state index in [1.165, 1.54) is 0 Å². The van der Waals surface area contributed by atoms with Gasteiger partial charge in [-0.25, -0.2) is 8.42 Å². The Kier molecular flexibility index (Phi) is 7.91. The molecule has 4 aromatic carbocycles. The van der Waals surface area contributed by atoms with E-state index >= 15 is 0 Å². The van der Waals surface area contributed by atoms with Crippen molar-refractivity contribution in [1.82, 2.24) is 5.32 Å². The summed E-state index contributed by atoms with van der Waals surface area (Å²) in [5, 5.41) is 3.07. The highest BCUT2D eigenvalue weighted by molar-refractivity contribution is 9.10. The van der Waals surface area contributed by atoms with Gasteiger partial charge in [0, 0.05) is 4.47 Å². The lowest BCUT2D eigenvalue weighted by Gasteiger charge is -2.26. The molecular formula is C29H27BrN2O3S. The van der Waals surface area contributed by atoms with Gasteiger partial charge >= 0.3 is 0 Å². The third kappa shape index (κ3) is 6.04. The number of hydrogen-bond donors (Lipinski definition) is 1. The minimum absolute atomic E-state index is 0.124. The molecule has 0 heterocycles. The highest BCUT2D eigenvalue weighted by Crippen LogP contribution is 2.27. The number of nitrogens with one attached hydrogen (secondary N) is 1. The van der Waals surface area contributed by atoms with E-state index < -0.39 is 22.0 Å². The zero-order valence-electron chi connectivity index (χ0n) is 20.1. The van der Waals surface area contributed by atoms with E-state index in [1.54, 1.807) is 42.5 Å². The minimum Gasteiger partial charge on any atom is -0.344 e. The molecule has 5 nitrogen and oxygen atoms in total. The Balaban J connectivity index is 1.69. The average Bonchev–Trinajstić information content (AvgIpc) is 2.86. The minimum atomic E-state index is -4.00. The third-order valence-corrected chi connectivity index (χ3v) is 8.09. The second-order valence-electron chi connectivity index (χ2n) is 8.63. The van der Waals surface area contributed by atoms with Crippen LogP contribution >= 0.6 is 15.9 Å². The van der Waals surface area contributed by atoms with Gasteiger partial charge in [-0.1, -0.05) is 99.9 Å². The van der Waals surface area contributed by atoms with E-state index in [1.807, 2.05) is 74.5 Å². The van der Waals surface area contributed by atoms with Crippen molar-refractivity contribution in [3.63, 3.8) is 0 Å². The molecular weight excluding hydrogens is 536 g/mol. The Bertz CT molecular complexity index is 1460. The molecule has 7 heteroatoms. The van der Waals surface area contributed by atoms with Crippen LogP contribution in [0.1, 0.15) is 28.3 Å². The van der Waals surface area contributed by atoms with Crippen LogP contribution in [0.5, 0.6) is 0 Å². The molecule has 1 atom stereocenters. The number of halogens is 1. The molecule has 0 saturated heterocycles. The number of anilines is 1. The van der Waals surface area contributed by atoms with Gasteiger partial charge in [-0.2, -0.15) is 0 Å². The molecule has 0 radical (unpaired) electrons. The van der Waals surface area contributed by atoms with Gasteiger partial charge in [0.2, 0.25) is 5.91 Å². The maximum Gasteiger partial charge on any atom is 0.264 e. The van der Waals surface area contributed by atoms with Gasteiger partial charge in [0.15, 0.2) is 0 Å². The van der Waals surface area contributed by atoms with Crippen LogP contribution in [0.25, 0.3) is 0 Å². The molecule has 0 fully saturated rings. The predicted octanol–water partition coefficient (Wildman–Crippen LogP) is 6.17. The summed E-state index contributed by atoms with van der Waals surface area (Å²) < 4.78 is 29.2. The number of rotatable bonds is 8. The Hall–Kier alpha value is -3.42. The summed E-state index contributed by atoms with van der Waals surface area (Å²) in [6.07, 6.45) is 0. The Morgan fingerprint density at radius 1 is 0.806 bits per heavy atom. The summed E-state index contributed by atoms with van der Waals surface area (Å²) in [5.74, 6) is -0.416. The van der Waals surface area contributed by atoms with E-state index in [2.05, 4.69) is 21.2 Å². The summed E-state index contributed by atoms with van der Waals surface area (Å²) in [7, 11) is -4.00. The lowest BCUT2D eigenvalue weighted by atomic mass is 9.97. The molecule has 4 rings (SSSR count). The summed E-state index contributed by atoms with van der Waals surface area (Å²) in [6, 6.07) is 30.7. The monoisotopic (exact) mass is 562 g/mol. The van der Waals surface area contributed by atoms with E-state index in [0.717, 1.165) is 26.6 Å². The van der Waals surface area contributed by atoms with Crippen LogP contribution in [0.2, 0.25) is 0 Å². The topological polar surface area (TPSA) is 66.5 Å². The zero-order chi connectivity index (χ0) is 25.7. The number of benzene rings is 4. The first kappa shape index (κ1) is 25.7. The zero-order valence-corrected chi connectivity index (χ0v) is 22.5. The first-order valence-electron chi connectivity index (χ1n) is 11.5. The lowest BCUT2D eigenvalue weighted by Crippen LogP contribution is -2.42. The fourth-order valence-corrected chi connectivity index (χ4v) is 5.78. The Morgan fingerprint density at radius 2 is 1.47 bits per heavy atom. The molecule has 0 bridgehead atoms. The van der Waals surface area contributed by atoms with Crippen LogP contribution < -0.4 is 9.62 Å². The standard InChI is InChI=1S/C29H27BrN2O3S/c1-21-14-16-27(17-15-21)36(34,35)32(26-13-7-12-25(30)19-26)20-28(33)31-29(23-9-4-3-5-10-23)24-11-6-8-22(2)18-24/h3-19,29H,20H2,1-2H3,(H,31,33). The van der Waals surface area contributed by atoms with Crippen LogP contribution in [-0.2, 0) is 14.8 Å². The van der Waals surface area contributed by atoms with Crippen LogP contribution in [0.15, 0.2) is 112 Å². The van der Waals surface area contributed by atoms with Crippen molar-refractivity contribution >= 4 is 37.5 Å². The molecule has 0 aliphatic carbocycles. The van der Waals surface area contributed by atoms with Crippen LogP contribution in [0.3, 0.4) is 0 Å². The first-order valence-corrected chi connectivity index (χ1v) is 13.7. The van der Waals surface area contributed by atoms with E-state index in [9.17, 15) is 13.2 Å². The highest BCUT2D eigenvalue weighted by Gasteiger charge is 2.28. The molecule has 1 unspecified atom stereocenters. The number of carbonyl (C=O) groups excluding carboxylic acids is 1. The predicted molar refractivity (Wildman–Crippen MR) is 147 cm³/mol. The van der Waals surface area contributed by atoms with Crippen LogP contribution in [0.4, 0.5) is 5.69 Å². The van der Waals surface area contributed by atoms with Crippen molar-refractivity contribution in [2.24, 2.45) is 0 Å². The van der Waals surface area contributed by atoms with Crippen molar-refractivity contribution in [3.8, 4) is 0 Å². The number of aryl methyl sites for hydroxylation is 2. The second kappa shape index (κ2) is 11.1. The maximum absolute atomic E-state index is 13.7. The first-order chi connectivity index (χ1) is 17.2. The van der Waals surface area contributed by atoms with Crippen molar-refractivity contribution < 1.29 is 13.2 Å². The number of hydrogen-bond acceptors (Lipinski definition) is 3. The molecule has 4 aromatic rings. The maximum atomic E-state index is 13.7. The van der Waals surface area contributed by atoms with Gasteiger partial charge in [0.1, 0.15) is 6.54 Å². The van der Waals surface area contributed by atoms with Crippen molar-refractivity contribution in [2.45, 2.75) is 24.8 Å². The van der Waals surface area contributed by atoms with E-state index in [4.69, 9.17) is 0 Å². The van der Waals surface area contributed by atoms with Gasteiger partial charge in [-0.3, -0.25) is 9.10 Å². The van der Waals surface area contributed by atoms with Gasteiger partial charge in [0.05, 0.1) is 16.6 Å². The highest BCUT2D eigenvalue weighted by atomic mass is 79.9. The summed E-state index contributed by atoms with van der Waals surface area (Å²) in [6.45, 7) is 3.52. The molecule has 0 aliphatic rings. The number of carbonyl (C=O) groups is 1. The van der Waals surface area contributed by atoms with Crippen molar-refractivity contribution in [2.75, 3.05) is 10.8 Å². The normalized spacial score (nSPS) is 12.1. The number of amides is 1. The van der Waals surface area contributed by atoms with E-state index in [0.29, 0.717) is 10.2 Å². The number of nitrogens with zero attached hydrogens (tertiary/aromatic N) is 1. The molecule has 184 valence electrons. The summed E-state index contributed by atoms with van der Waals surface area (Å²) in [5.41, 5.74) is 4.24. The summed E-state index contributed by atoms with van der Waals surface area (Å²) >= 11 is 3.42. The fourth-order valence-electron chi connectivity index (χ4n) is 3.98. The number of sulfonamides is 1. The second-order valence-corrected chi connectivity index (χ2v) is 11.4. The lowest BCUT2D eigenvalue weighted by molar-refractivity contribution is -0.120. The third-order valence-electron chi connectivity index (χ3n) is 5.81. The van der Waals surface area contributed by atoms with Gasteiger partial charge in [-0.05, 0) is 55.3 Å². The van der Waals surface area contributed by atoms with Crippen LogP contribution in [0, 0.1) is 13.8 Å². The van der Waals surface area contributed by atoms with E-state index in [-0.39, 0.29) is 11.4 Å². The molecule has 0 aromatic heterocycles. The SMILES string of the molecule is Cc1ccc(S(=O)(=O)N(CC(=O)NC(c2ccccc2)c2cccc(C)c2)c2cccc(Br)c2)cc1. The molecule has 0 aliphatic heterocycles. The quantitative estimate of drug-likeness (QED) is 0.279. The van der Waals surface area contributed by atoms with Gasteiger partial charge in [0.25, 0.3) is 10.0 Å². The van der Waals surface area contributed by atoms with Crippen molar-refractivity contribution in [1.29, 1.82) is 0 Å². The van der Waals surface area contributed by atoms with Crippen molar-refractivity contribution in [3.05, 3.63) is 130 Å². The smallest absolute Gasteiger partial charge is 0.264 e.